The molecule has 0 spiro atoms. The van der Waals surface area contributed by atoms with Crippen LogP contribution in [0.2, 0.25) is 0 Å². The first-order chi connectivity index (χ1) is 6.63. The van der Waals surface area contributed by atoms with Gasteiger partial charge in [-0.15, -0.1) is 0 Å². The van der Waals surface area contributed by atoms with Crippen LogP contribution in [0.1, 0.15) is 26.7 Å². The van der Waals surface area contributed by atoms with Crippen LogP contribution in [0.15, 0.2) is 0 Å². The molecule has 0 unspecified atom stereocenters. The molecule has 1 N–H and O–H groups in total. The van der Waals surface area contributed by atoms with Crippen molar-refractivity contribution in [3.63, 3.8) is 0 Å². The average molecular weight is 198 g/mol. The van der Waals surface area contributed by atoms with E-state index < -0.39 is 0 Å². The Morgan fingerprint density at radius 2 is 1.71 bits per heavy atom. The van der Waals surface area contributed by atoms with Crippen LogP contribution in [0, 0.1) is 0 Å². The van der Waals surface area contributed by atoms with Crippen molar-refractivity contribution < 1.29 is 5.11 Å². The van der Waals surface area contributed by atoms with E-state index >= 15 is 0 Å². The smallest absolute Gasteiger partial charge is 0.0610 e. The number of hydrogen-bond donors (Lipinski definition) is 1. The maximum absolute atomic E-state index is 9.28. The third-order valence-electron chi connectivity index (χ3n) is 3.62. The zero-order chi connectivity index (χ0) is 10.2. The fraction of sp³-hybridized carbons (Fsp3) is 1.00. The van der Waals surface area contributed by atoms with E-state index in [2.05, 4.69) is 23.6 Å². The maximum Gasteiger partial charge on any atom is 0.0610 e. The summed E-state index contributed by atoms with van der Waals surface area (Å²) in [6.07, 6.45) is 2.81. The molecule has 82 valence electrons. The Balaban J connectivity index is 1.82. The summed E-state index contributed by atoms with van der Waals surface area (Å²) in [7, 11) is 0. The highest BCUT2D eigenvalue weighted by molar-refractivity contribution is 4.91. The zero-order valence-corrected chi connectivity index (χ0v) is 9.37. The molecule has 0 amide bonds. The van der Waals surface area contributed by atoms with Gasteiger partial charge >= 0.3 is 0 Å². The summed E-state index contributed by atoms with van der Waals surface area (Å²) in [4.78, 5) is 5.01. The number of nitrogens with zero attached hydrogens (tertiary/aromatic N) is 2. The Morgan fingerprint density at radius 3 is 2.14 bits per heavy atom. The number of aliphatic hydroxyl groups excluding tert-OH is 1. The highest BCUT2D eigenvalue weighted by Gasteiger charge is 2.34. The van der Waals surface area contributed by atoms with Crippen molar-refractivity contribution in [2.24, 2.45) is 0 Å². The van der Waals surface area contributed by atoms with Gasteiger partial charge < -0.3 is 5.11 Å². The van der Waals surface area contributed by atoms with Gasteiger partial charge in [0.25, 0.3) is 0 Å². The second-order valence-electron chi connectivity index (χ2n) is 5.22. The third kappa shape index (κ3) is 2.10. The van der Waals surface area contributed by atoms with Gasteiger partial charge in [-0.25, -0.2) is 0 Å². The van der Waals surface area contributed by atoms with Gasteiger partial charge in [-0.2, -0.15) is 0 Å². The number of rotatable bonds is 3. The van der Waals surface area contributed by atoms with E-state index in [4.69, 9.17) is 0 Å². The van der Waals surface area contributed by atoms with Crippen LogP contribution in [-0.4, -0.2) is 59.3 Å². The minimum absolute atomic E-state index is 0.0321. The van der Waals surface area contributed by atoms with Crippen LogP contribution in [0.3, 0.4) is 0 Å². The molecule has 0 aromatic carbocycles. The van der Waals surface area contributed by atoms with Gasteiger partial charge in [0.2, 0.25) is 0 Å². The van der Waals surface area contributed by atoms with Crippen molar-refractivity contribution >= 4 is 0 Å². The van der Waals surface area contributed by atoms with Crippen LogP contribution in [0.4, 0.5) is 0 Å². The first-order valence-electron chi connectivity index (χ1n) is 5.73. The Kier molecular flexibility index (Phi) is 2.82. The minimum atomic E-state index is -0.0321. The molecule has 2 aliphatic rings. The standard InChI is InChI=1S/C11H22N2O/c1-11(2,9-14)13-7-5-12(6-8-13)10-3-4-10/h10,14H,3-9H2,1-2H3. The highest BCUT2D eigenvalue weighted by Crippen LogP contribution is 2.28. The van der Waals surface area contributed by atoms with Crippen molar-refractivity contribution in [2.45, 2.75) is 38.3 Å². The van der Waals surface area contributed by atoms with Crippen molar-refractivity contribution in [1.29, 1.82) is 0 Å². The summed E-state index contributed by atoms with van der Waals surface area (Å²) in [5.74, 6) is 0. The van der Waals surface area contributed by atoms with Gasteiger partial charge in [0, 0.05) is 37.8 Å². The van der Waals surface area contributed by atoms with E-state index in [1.165, 1.54) is 25.9 Å². The third-order valence-corrected chi connectivity index (χ3v) is 3.62. The molecule has 0 radical (unpaired) electrons. The van der Waals surface area contributed by atoms with E-state index in [-0.39, 0.29) is 12.1 Å². The molecule has 3 heteroatoms. The van der Waals surface area contributed by atoms with E-state index in [1.807, 2.05) is 0 Å². The second kappa shape index (κ2) is 3.80. The monoisotopic (exact) mass is 198 g/mol. The van der Waals surface area contributed by atoms with Crippen LogP contribution in [-0.2, 0) is 0 Å². The molecule has 14 heavy (non-hydrogen) atoms. The lowest BCUT2D eigenvalue weighted by Gasteiger charge is -2.43. The van der Waals surface area contributed by atoms with Gasteiger partial charge in [0.15, 0.2) is 0 Å². The normalized spacial score (nSPS) is 26.8. The maximum atomic E-state index is 9.28. The SMILES string of the molecule is CC(C)(CO)N1CCN(C2CC2)CC1. The van der Waals surface area contributed by atoms with Gasteiger partial charge in [-0.1, -0.05) is 0 Å². The van der Waals surface area contributed by atoms with Crippen molar-refractivity contribution in [3.05, 3.63) is 0 Å². The number of aliphatic hydroxyl groups is 1. The molecule has 3 nitrogen and oxygen atoms in total. The molecule has 1 heterocycles. The molecule has 1 saturated carbocycles. The molecule has 1 saturated heterocycles. The molecule has 1 aliphatic heterocycles. The fourth-order valence-corrected chi connectivity index (χ4v) is 2.23. The molecule has 2 rings (SSSR count). The van der Waals surface area contributed by atoms with E-state index in [1.54, 1.807) is 0 Å². The van der Waals surface area contributed by atoms with Crippen LogP contribution >= 0.6 is 0 Å². The summed E-state index contributed by atoms with van der Waals surface area (Å²) in [6.45, 7) is 9.12. The van der Waals surface area contributed by atoms with Gasteiger partial charge in [0.05, 0.1) is 6.61 Å². The van der Waals surface area contributed by atoms with Gasteiger partial charge in [-0.3, -0.25) is 9.80 Å². The lowest BCUT2D eigenvalue weighted by Crippen LogP contribution is -2.56. The van der Waals surface area contributed by atoms with Gasteiger partial charge in [-0.05, 0) is 26.7 Å². The lowest BCUT2D eigenvalue weighted by atomic mass is 10.0. The molecule has 2 fully saturated rings. The molecule has 1 aliphatic carbocycles. The molecule has 0 aromatic rings. The largest absolute Gasteiger partial charge is 0.394 e. The second-order valence-corrected chi connectivity index (χ2v) is 5.22. The van der Waals surface area contributed by atoms with Crippen molar-refractivity contribution in [3.8, 4) is 0 Å². The Hall–Kier alpha value is -0.120. The molecule has 0 bridgehead atoms. The predicted octanol–water partition coefficient (Wildman–Crippen LogP) is 0.537. The Morgan fingerprint density at radius 1 is 1.14 bits per heavy atom. The number of hydrogen-bond acceptors (Lipinski definition) is 3. The topological polar surface area (TPSA) is 26.7 Å². The van der Waals surface area contributed by atoms with Crippen LogP contribution in [0.5, 0.6) is 0 Å². The predicted molar refractivity (Wildman–Crippen MR) is 57.3 cm³/mol. The molecular weight excluding hydrogens is 176 g/mol. The fourth-order valence-electron chi connectivity index (χ4n) is 2.23. The molecule has 0 atom stereocenters. The van der Waals surface area contributed by atoms with Gasteiger partial charge in [0.1, 0.15) is 0 Å². The summed E-state index contributed by atoms with van der Waals surface area (Å²) < 4.78 is 0. The van der Waals surface area contributed by atoms with Crippen molar-refractivity contribution in [2.75, 3.05) is 32.8 Å². The van der Waals surface area contributed by atoms with E-state index in [9.17, 15) is 5.11 Å². The number of piperazine rings is 1. The Labute approximate surface area is 86.7 Å². The minimum Gasteiger partial charge on any atom is -0.394 e. The average Bonchev–Trinajstić information content (AvgIpc) is 3.01. The summed E-state index contributed by atoms with van der Waals surface area (Å²) in [5, 5.41) is 9.28. The van der Waals surface area contributed by atoms with Crippen LogP contribution < -0.4 is 0 Å². The summed E-state index contributed by atoms with van der Waals surface area (Å²) in [5.41, 5.74) is -0.0321. The highest BCUT2D eigenvalue weighted by atomic mass is 16.3. The first-order valence-corrected chi connectivity index (χ1v) is 5.73. The van der Waals surface area contributed by atoms with E-state index in [0.29, 0.717) is 0 Å². The van der Waals surface area contributed by atoms with Crippen molar-refractivity contribution in [1.82, 2.24) is 9.80 Å². The zero-order valence-electron chi connectivity index (χ0n) is 9.37. The van der Waals surface area contributed by atoms with E-state index in [0.717, 1.165) is 19.1 Å². The molecule has 0 aromatic heterocycles. The Bertz CT molecular complexity index is 193. The first kappa shape index (κ1) is 10.4. The lowest BCUT2D eigenvalue weighted by molar-refractivity contribution is 0.0147. The summed E-state index contributed by atoms with van der Waals surface area (Å²) >= 11 is 0. The summed E-state index contributed by atoms with van der Waals surface area (Å²) in [6, 6.07) is 0.898. The van der Waals surface area contributed by atoms with Crippen LogP contribution in [0.25, 0.3) is 0 Å². The quantitative estimate of drug-likeness (QED) is 0.717. The molecular formula is C11H22N2O.